The third-order valence-corrected chi connectivity index (χ3v) is 3.97. The first-order valence-electron chi connectivity index (χ1n) is 6.07. The van der Waals surface area contributed by atoms with Crippen LogP contribution in [0.1, 0.15) is 36.0 Å². The van der Waals surface area contributed by atoms with Gasteiger partial charge in [0.05, 0.1) is 10.5 Å². The van der Waals surface area contributed by atoms with Crippen LogP contribution >= 0.6 is 11.6 Å². The van der Waals surface area contributed by atoms with Crippen LogP contribution in [0.5, 0.6) is 0 Å². The molecule has 3 heteroatoms. The number of carbonyl (C=O) groups is 1. The Kier molecular flexibility index (Phi) is 2.67. The van der Waals surface area contributed by atoms with Gasteiger partial charge in [0, 0.05) is 23.1 Å². The van der Waals surface area contributed by atoms with E-state index in [1.54, 1.807) is 6.20 Å². The predicted octanol–water partition coefficient (Wildman–Crippen LogP) is 4.19. The number of nitrogens with one attached hydrogen (secondary N) is 1. The van der Waals surface area contributed by atoms with Crippen LogP contribution in [0.2, 0.25) is 5.02 Å². The zero-order valence-corrected chi connectivity index (χ0v) is 10.3. The van der Waals surface area contributed by atoms with Gasteiger partial charge in [-0.3, -0.25) is 4.79 Å². The van der Waals surface area contributed by atoms with Crippen molar-refractivity contribution >= 4 is 28.3 Å². The summed E-state index contributed by atoms with van der Waals surface area (Å²) in [4.78, 5) is 15.5. The van der Waals surface area contributed by atoms with Gasteiger partial charge in [0.25, 0.3) is 0 Å². The lowest BCUT2D eigenvalue weighted by Gasteiger charge is -2.06. The van der Waals surface area contributed by atoms with Gasteiger partial charge in [-0.25, -0.2) is 0 Å². The van der Waals surface area contributed by atoms with Crippen LogP contribution in [-0.4, -0.2) is 10.8 Å². The molecule has 0 spiro atoms. The van der Waals surface area contributed by atoms with Crippen LogP contribution in [0.25, 0.3) is 10.9 Å². The lowest BCUT2D eigenvalue weighted by atomic mass is 9.96. The molecule has 0 amide bonds. The molecule has 1 aromatic heterocycles. The smallest absolute Gasteiger partial charge is 0.168 e. The standard InChI is InChI=1S/C14H14ClNO/c15-12-7-3-6-10-11(8-16-13(10)12)14(17)9-4-1-2-5-9/h3,6-9,16H,1-2,4-5H2. The highest BCUT2D eigenvalue weighted by molar-refractivity contribution is 6.35. The van der Waals surface area contributed by atoms with Crippen LogP contribution in [0.3, 0.4) is 0 Å². The summed E-state index contributed by atoms with van der Waals surface area (Å²) in [6, 6.07) is 5.69. The maximum atomic E-state index is 12.4. The minimum atomic E-state index is 0.216. The minimum Gasteiger partial charge on any atom is -0.359 e. The number of hydrogen-bond donors (Lipinski definition) is 1. The number of Topliss-reactive ketones (excluding diaryl/α,β-unsaturated/α-hetero) is 1. The molecular weight excluding hydrogens is 234 g/mol. The largest absolute Gasteiger partial charge is 0.359 e. The van der Waals surface area contributed by atoms with Gasteiger partial charge in [0.1, 0.15) is 0 Å². The van der Waals surface area contributed by atoms with Crippen molar-refractivity contribution in [2.75, 3.05) is 0 Å². The first-order chi connectivity index (χ1) is 8.27. The SMILES string of the molecule is O=C(c1c[nH]c2c(Cl)cccc12)C1CCCC1. The highest BCUT2D eigenvalue weighted by atomic mass is 35.5. The lowest BCUT2D eigenvalue weighted by Crippen LogP contribution is -2.10. The average molecular weight is 248 g/mol. The van der Waals surface area contributed by atoms with E-state index in [0.717, 1.165) is 29.3 Å². The minimum absolute atomic E-state index is 0.216. The van der Waals surface area contributed by atoms with Crippen molar-refractivity contribution < 1.29 is 4.79 Å². The van der Waals surface area contributed by atoms with Crippen molar-refractivity contribution in [3.05, 3.63) is 35.0 Å². The number of hydrogen-bond acceptors (Lipinski definition) is 1. The molecule has 2 nitrogen and oxygen atoms in total. The molecule has 17 heavy (non-hydrogen) atoms. The van der Waals surface area contributed by atoms with Crippen molar-refractivity contribution in [2.45, 2.75) is 25.7 Å². The summed E-state index contributed by atoms with van der Waals surface area (Å²) in [6.45, 7) is 0. The summed E-state index contributed by atoms with van der Waals surface area (Å²) < 4.78 is 0. The predicted molar refractivity (Wildman–Crippen MR) is 69.6 cm³/mol. The first-order valence-corrected chi connectivity index (χ1v) is 6.45. The van der Waals surface area contributed by atoms with E-state index in [1.807, 2.05) is 18.2 Å². The van der Waals surface area contributed by atoms with Crippen LogP contribution < -0.4 is 0 Å². The molecule has 3 rings (SSSR count). The number of carbonyl (C=O) groups excluding carboxylic acids is 1. The number of ketones is 1. The van der Waals surface area contributed by atoms with Gasteiger partial charge in [0.2, 0.25) is 0 Å². The molecule has 1 N–H and O–H groups in total. The molecule has 0 saturated heterocycles. The van der Waals surface area contributed by atoms with Gasteiger partial charge in [-0.15, -0.1) is 0 Å². The van der Waals surface area contributed by atoms with E-state index in [9.17, 15) is 4.79 Å². The highest BCUT2D eigenvalue weighted by Crippen LogP contribution is 2.32. The summed E-state index contributed by atoms with van der Waals surface area (Å²) in [6.07, 6.45) is 6.23. The molecule has 1 saturated carbocycles. The Hall–Kier alpha value is -1.28. The lowest BCUT2D eigenvalue weighted by molar-refractivity contribution is 0.0924. The van der Waals surface area contributed by atoms with Gasteiger partial charge in [-0.2, -0.15) is 0 Å². The van der Waals surface area contributed by atoms with Crippen LogP contribution in [0, 0.1) is 5.92 Å². The number of benzene rings is 1. The van der Waals surface area contributed by atoms with E-state index >= 15 is 0 Å². The number of halogens is 1. The number of fused-ring (bicyclic) bond motifs is 1. The second kappa shape index (κ2) is 4.19. The highest BCUT2D eigenvalue weighted by Gasteiger charge is 2.25. The Morgan fingerprint density at radius 2 is 2.06 bits per heavy atom. The monoisotopic (exact) mass is 247 g/mol. The quantitative estimate of drug-likeness (QED) is 0.793. The molecule has 1 aliphatic carbocycles. The van der Waals surface area contributed by atoms with E-state index in [4.69, 9.17) is 11.6 Å². The molecule has 1 fully saturated rings. The van der Waals surface area contributed by atoms with Gasteiger partial charge in [-0.1, -0.05) is 36.6 Å². The van der Waals surface area contributed by atoms with Crippen molar-refractivity contribution in [1.82, 2.24) is 4.98 Å². The number of rotatable bonds is 2. The average Bonchev–Trinajstić information content (AvgIpc) is 2.98. The van der Waals surface area contributed by atoms with Crippen molar-refractivity contribution in [1.29, 1.82) is 0 Å². The fraction of sp³-hybridized carbons (Fsp3) is 0.357. The second-order valence-electron chi connectivity index (χ2n) is 4.71. The van der Waals surface area contributed by atoms with Gasteiger partial charge in [-0.05, 0) is 18.9 Å². The van der Waals surface area contributed by atoms with E-state index in [1.165, 1.54) is 12.8 Å². The number of H-pyrrole nitrogens is 1. The summed E-state index contributed by atoms with van der Waals surface area (Å²) >= 11 is 6.09. The Labute approximate surface area is 105 Å². The number of aromatic nitrogens is 1. The number of para-hydroxylation sites is 1. The molecule has 88 valence electrons. The summed E-state index contributed by atoms with van der Waals surface area (Å²) in [5.74, 6) is 0.490. The van der Waals surface area contributed by atoms with E-state index in [-0.39, 0.29) is 11.7 Å². The molecule has 2 aromatic rings. The summed E-state index contributed by atoms with van der Waals surface area (Å²) in [7, 11) is 0. The summed E-state index contributed by atoms with van der Waals surface area (Å²) in [5, 5.41) is 1.63. The van der Waals surface area contributed by atoms with Gasteiger partial charge < -0.3 is 4.98 Å². The van der Waals surface area contributed by atoms with Crippen molar-refractivity contribution in [3.63, 3.8) is 0 Å². The van der Waals surface area contributed by atoms with Crippen LogP contribution in [0.15, 0.2) is 24.4 Å². The molecule has 0 atom stereocenters. The van der Waals surface area contributed by atoms with Gasteiger partial charge in [0.15, 0.2) is 5.78 Å². The topological polar surface area (TPSA) is 32.9 Å². The van der Waals surface area contributed by atoms with E-state index in [2.05, 4.69) is 4.98 Å². The maximum absolute atomic E-state index is 12.4. The molecule has 0 unspecified atom stereocenters. The molecule has 1 aromatic carbocycles. The van der Waals surface area contributed by atoms with Crippen LogP contribution in [0.4, 0.5) is 0 Å². The summed E-state index contributed by atoms with van der Waals surface area (Å²) in [5.41, 5.74) is 1.67. The Bertz CT molecular complexity index is 567. The molecule has 1 heterocycles. The molecule has 1 aliphatic rings. The Balaban J connectivity index is 2.05. The molecule has 0 radical (unpaired) electrons. The molecular formula is C14H14ClNO. The maximum Gasteiger partial charge on any atom is 0.168 e. The van der Waals surface area contributed by atoms with Crippen LogP contribution in [-0.2, 0) is 0 Å². The normalized spacial score (nSPS) is 16.8. The van der Waals surface area contributed by atoms with E-state index < -0.39 is 0 Å². The van der Waals surface area contributed by atoms with E-state index in [0.29, 0.717) is 5.02 Å². The fourth-order valence-electron chi connectivity index (χ4n) is 2.73. The number of aromatic amines is 1. The van der Waals surface area contributed by atoms with Crippen molar-refractivity contribution in [3.8, 4) is 0 Å². The molecule has 0 aliphatic heterocycles. The Morgan fingerprint density at radius 1 is 1.29 bits per heavy atom. The Morgan fingerprint density at radius 3 is 2.82 bits per heavy atom. The van der Waals surface area contributed by atoms with Gasteiger partial charge >= 0.3 is 0 Å². The zero-order valence-electron chi connectivity index (χ0n) is 9.50. The fourth-order valence-corrected chi connectivity index (χ4v) is 2.96. The first kappa shape index (κ1) is 10.8. The third kappa shape index (κ3) is 1.77. The third-order valence-electron chi connectivity index (χ3n) is 3.66. The molecule has 0 bridgehead atoms. The zero-order chi connectivity index (χ0) is 11.8. The van der Waals surface area contributed by atoms with Crippen molar-refractivity contribution in [2.24, 2.45) is 5.92 Å². The second-order valence-corrected chi connectivity index (χ2v) is 5.12.